The van der Waals surface area contributed by atoms with Gasteiger partial charge in [-0.25, -0.2) is 9.97 Å². The molecule has 0 bridgehead atoms. The van der Waals surface area contributed by atoms with Gasteiger partial charge in [0.1, 0.15) is 11.0 Å². The highest BCUT2D eigenvalue weighted by Gasteiger charge is 2.37. The number of anilines is 1. The van der Waals surface area contributed by atoms with E-state index in [2.05, 4.69) is 9.97 Å². The lowest BCUT2D eigenvalue weighted by Gasteiger charge is -2.26. The number of halogens is 4. The van der Waals surface area contributed by atoms with Crippen molar-refractivity contribution in [3.05, 3.63) is 17.0 Å². The fourth-order valence-electron chi connectivity index (χ4n) is 1.89. The summed E-state index contributed by atoms with van der Waals surface area (Å²) in [6.45, 7) is 4.70. The molecule has 3 nitrogen and oxygen atoms in total. The Bertz CT molecular complexity index is 458. The predicted octanol–water partition coefficient (Wildman–Crippen LogP) is 3.77. The van der Waals surface area contributed by atoms with Crippen molar-refractivity contribution in [3.63, 3.8) is 0 Å². The second-order valence-corrected chi connectivity index (χ2v) is 5.53. The van der Waals surface area contributed by atoms with Crippen LogP contribution in [0.15, 0.2) is 6.07 Å². The van der Waals surface area contributed by atoms with E-state index in [0.29, 0.717) is 12.5 Å². The van der Waals surface area contributed by atoms with E-state index in [0.717, 1.165) is 12.8 Å². The van der Waals surface area contributed by atoms with Gasteiger partial charge >= 0.3 is 6.18 Å². The Kier molecular flexibility index (Phi) is 3.90. The average Bonchev–Trinajstić information content (AvgIpc) is 3.07. The number of hydrogen-bond donors (Lipinski definition) is 0. The maximum absolute atomic E-state index is 12.7. The number of hydrogen-bond acceptors (Lipinski definition) is 3. The topological polar surface area (TPSA) is 29.0 Å². The molecule has 0 amide bonds. The van der Waals surface area contributed by atoms with E-state index >= 15 is 0 Å². The first-order valence-corrected chi connectivity index (χ1v) is 6.53. The molecule has 1 aliphatic rings. The minimum atomic E-state index is -4.58. The van der Waals surface area contributed by atoms with Gasteiger partial charge in [-0.3, -0.25) is 0 Å². The Balaban J connectivity index is 2.34. The molecule has 0 unspecified atom stereocenters. The van der Waals surface area contributed by atoms with Crippen LogP contribution in [0, 0.1) is 5.92 Å². The lowest BCUT2D eigenvalue weighted by molar-refractivity contribution is -0.144. The number of nitrogens with zero attached hydrogens (tertiary/aromatic N) is 3. The van der Waals surface area contributed by atoms with Gasteiger partial charge in [0.05, 0.1) is 0 Å². The predicted molar refractivity (Wildman–Crippen MR) is 67.3 cm³/mol. The van der Waals surface area contributed by atoms with Gasteiger partial charge in [-0.1, -0.05) is 25.4 Å². The fraction of sp³-hybridized carbons (Fsp3) is 0.667. The molecule has 0 saturated heterocycles. The van der Waals surface area contributed by atoms with Crippen LogP contribution in [-0.2, 0) is 6.18 Å². The highest BCUT2D eigenvalue weighted by molar-refractivity contribution is 6.29. The van der Waals surface area contributed by atoms with Gasteiger partial charge in [0.25, 0.3) is 0 Å². The summed E-state index contributed by atoms with van der Waals surface area (Å²) >= 11 is 5.68. The SMILES string of the molecule is CC(C)CN(c1cc(Cl)nc(C(F)(F)F)n1)C1CC1. The molecule has 7 heteroatoms. The van der Waals surface area contributed by atoms with Crippen molar-refractivity contribution in [1.82, 2.24) is 9.97 Å². The van der Waals surface area contributed by atoms with Crippen molar-refractivity contribution >= 4 is 17.4 Å². The zero-order valence-electron chi connectivity index (χ0n) is 10.7. The van der Waals surface area contributed by atoms with E-state index in [-0.39, 0.29) is 17.0 Å². The monoisotopic (exact) mass is 293 g/mol. The summed E-state index contributed by atoms with van der Waals surface area (Å²) in [5.41, 5.74) is 0. The normalized spacial score (nSPS) is 15.9. The van der Waals surface area contributed by atoms with Crippen LogP contribution in [0.5, 0.6) is 0 Å². The van der Waals surface area contributed by atoms with Crippen molar-refractivity contribution in [1.29, 1.82) is 0 Å². The summed E-state index contributed by atoms with van der Waals surface area (Å²) in [6, 6.07) is 1.67. The molecule has 0 atom stereocenters. The number of alkyl halides is 3. The number of rotatable bonds is 4. The minimum absolute atomic E-state index is 0.174. The Morgan fingerprint density at radius 3 is 2.47 bits per heavy atom. The van der Waals surface area contributed by atoms with Crippen LogP contribution in [0.1, 0.15) is 32.5 Å². The van der Waals surface area contributed by atoms with E-state index in [4.69, 9.17) is 11.6 Å². The highest BCUT2D eigenvalue weighted by atomic mass is 35.5. The van der Waals surface area contributed by atoms with Gasteiger partial charge in [-0.2, -0.15) is 13.2 Å². The summed E-state index contributed by atoms with van der Waals surface area (Å²) in [5, 5.41) is -0.174. The van der Waals surface area contributed by atoms with Crippen LogP contribution in [0.3, 0.4) is 0 Å². The Hall–Kier alpha value is -1.04. The van der Waals surface area contributed by atoms with Crippen LogP contribution < -0.4 is 4.90 Å². The molecule has 2 rings (SSSR count). The molecule has 0 N–H and O–H groups in total. The van der Waals surface area contributed by atoms with Crippen LogP contribution in [0.2, 0.25) is 5.15 Å². The molecule has 0 radical (unpaired) electrons. The molecular weight excluding hydrogens is 279 g/mol. The van der Waals surface area contributed by atoms with Gasteiger partial charge in [0.2, 0.25) is 5.82 Å². The average molecular weight is 294 g/mol. The van der Waals surface area contributed by atoms with Gasteiger partial charge < -0.3 is 4.90 Å². The molecule has 106 valence electrons. The highest BCUT2D eigenvalue weighted by Crippen LogP contribution is 2.34. The number of aromatic nitrogens is 2. The third-order valence-electron chi connectivity index (χ3n) is 2.78. The summed E-state index contributed by atoms with van der Waals surface area (Å²) in [7, 11) is 0. The standard InChI is InChI=1S/C12H15ClF3N3/c1-7(2)6-19(8-3-4-8)10-5-9(13)17-11(18-10)12(14,15)16/h5,7-8H,3-4,6H2,1-2H3. The second-order valence-electron chi connectivity index (χ2n) is 5.15. The van der Waals surface area contributed by atoms with E-state index < -0.39 is 12.0 Å². The lowest BCUT2D eigenvalue weighted by Crippen LogP contribution is -2.31. The molecule has 19 heavy (non-hydrogen) atoms. The minimum Gasteiger partial charge on any atom is -0.353 e. The maximum Gasteiger partial charge on any atom is 0.451 e. The molecule has 1 aromatic heterocycles. The van der Waals surface area contributed by atoms with Crippen LogP contribution >= 0.6 is 11.6 Å². The smallest absolute Gasteiger partial charge is 0.353 e. The molecule has 1 heterocycles. The first kappa shape index (κ1) is 14.4. The molecule has 0 aliphatic heterocycles. The van der Waals surface area contributed by atoms with Crippen LogP contribution in [0.25, 0.3) is 0 Å². The van der Waals surface area contributed by atoms with E-state index in [1.165, 1.54) is 6.07 Å². The second kappa shape index (κ2) is 5.15. The zero-order chi connectivity index (χ0) is 14.2. The van der Waals surface area contributed by atoms with Gasteiger partial charge in [0.15, 0.2) is 0 Å². The quantitative estimate of drug-likeness (QED) is 0.791. The Morgan fingerprint density at radius 1 is 1.37 bits per heavy atom. The van der Waals surface area contributed by atoms with Gasteiger partial charge in [0, 0.05) is 18.7 Å². The third-order valence-corrected chi connectivity index (χ3v) is 2.97. The van der Waals surface area contributed by atoms with Crippen LogP contribution in [0.4, 0.5) is 19.0 Å². The van der Waals surface area contributed by atoms with E-state index in [9.17, 15) is 13.2 Å². The van der Waals surface area contributed by atoms with E-state index in [1.807, 2.05) is 18.7 Å². The molecule has 0 aromatic carbocycles. The summed E-state index contributed by atoms with van der Waals surface area (Å²) in [6.07, 6.45) is -2.61. The molecule has 0 spiro atoms. The third kappa shape index (κ3) is 3.72. The molecule has 1 saturated carbocycles. The fourth-order valence-corrected chi connectivity index (χ4v) is 2.07. The Labute approximate surface area is 114 Å². The lowest BCUT2D eigenvalue weighted by atomic mass is 10.2. The van der Waals surface area contributed by atoms with Crippen molar-refractivity contribution in [3.8, 4) is 0 Å². The van der Waals surface area contributed by atoms with Crippen molar-refractivity contribution < 1.29 is 13.2 Å². The van der Waals surface area contributed by atoms with Crippen molar-refractivity contribution in [2.24, 2.45) is 5.92 Å². The molecule has 1 aromatic rings. The summed E-state index contributed by atoms with van der Waals surface area (Å²) in [4.78, 5) is 8.77. The Morgan fingerprint density at radius 2 is 2.00 bits per heavy atom. The van der Waals surface area contributed by atoms with Crippen LogP contribution in [-0.4, -0.2) is 22.6 Å². The zero-order valence-corrected chi connectivity index (χ0v) is 11.5. The first-order valence-electron chi connectivity index (χ1n) is 6.16. The first-order chi connectivity index (χ1) is 8.77. The maximum atomic E-state index is 12.7. The van der Waals surface area contributed by atoms with Crippen molar-refractivity contribution in [2.75, 3.05) is 11.4 Å². The molecule has 1 fully saturated rings. The van der Waals surface area contributed by atoms with E-state index in [1.54, 1.807) is 0 Å². The van der Waals surface area contributed by atoms with Gasteiger partial charge in [-0.15, -0.1) is 0 Å². The van der Waals surface area contributed by atoms with Gasteiger partial charge in [-0.05, 0) is 18.8 Å². The summed E-state index contributed by atoms with van der Waals surface area (Å²) < 4.78 is 38.1. The molecule has 1 aliphatic carbocycles. The summed E-state index contributed by atoms with van der Waals surface area (Å²) in [5.74, 6) is -0.573. The largest absolute Gasteiger partial charge is 0.451 e. The van der Waals surface area contributed by atoms with Crippen molar-refractivity contribution in [2.45, 2.75) is 38.9 Å². The molecular formula is C12H15ClF3N3.